The molecular weight excluding hydrogens is 380 g/mol. The molecule has 23 heavy (non-hydrogen) atoms. The predicted molar refractivity (Wildman–Crippen MR) is 64.7 cm³/mol. The molecule has 0 aliphatic heterocycles. The van der Waals surface area contributed by atoms with Crippen molar-refractivity contribution in [2.24, 2.45) is 0 Å². The van der Waals surface area contributed by atoms with Crippen LogP contribution in [0, 0.1) is 6.92 Å². The summed E-state index contributed by atoms with van der Waals surface area (Å²) in [4.78, 5) is 3.08. The lowest BCUT2D eigenvalue weighted by atomic mass is 10.6. The van der Waals surface area contributed by atoms with Crippen LogP contribution in [0.5, 0.6) is 0 Å². The number of alkyl halides is 6. The third-order valence-electron chi connectivity index (χ3n) is 2.10. The van der Waals surface area contributed by atoms with Gasteiger partial charge in [0, 0.05) is 6.92 Å². The first-order valence-electron chi connectivity index (χ1n) is 5.45. The number of imidazole rings is 1. The molecule has 15 heteroatoms. The van der Waals surface area contributed by atoms with E-state index in [1.54, 1.807) is 0 Å². The average molecular weight is 391 g/mol. The van der Waals surface area contributed by atoms with Crippen molar-refractivity contribution in [3.8, 4) is 0 Å². The van der Waals surface area contributed by atoms with Crippen molar-refractivity contribution in [2.45, 2.75) is 31.4 Å². The molecule has 0 saturated heterocycles. The van der Waals surface area contributed by atoms with Crippen molar-refractivity contribution < 1.29 is 47.7 Å². The van der Waals surface area contributed by atoms with Crippen LogP contribution in [0.2, 0.25) is 0 Å². The zero-order valence-corrected chi connectivity index (χ0v) is 13.1. The molecule has 1 aromatic heterocycles. The summed E-state index contributed by atoms with van der Waals surface area (Å²) in [5, 5.41) is 0. The zero-order valence-electron chi connectivity index (χ0n) is 11.5. The van der Waals surface area contributed by atoms with Crippen molar-refractivity contribution in [1.82, 2.24) is 4.98 Å². The Morgan fingerprint density at radius 3 is 1.61 bits per heavy atom. The smallest absolute Gasteiger partial charge is 0.421 e. The maximum absolute atomic E-state index is 11.4. The molecule has 1 aromatic rings. The van der Waals surface area contributed by atoms with Gasteiger partial charge in [-0.25, -0.2) is 26.4 Å². The van der Waals surface area contributed by atoms with Crippen molar-refractivity contribution >= 4 is 20.0 Å². The Morgan fingerprint density at radius 2 is 1.43 bits per heavy atom. The Balaban J connectivity index is 0.000000502. The molecular formula is C8H11F6N3O4S2. The number of hydrogen-bond donors (Lipinski definition) is 1. The van der Waals surface area contributed by atoms with Gasteiger partial charge in [0.15, 0.2) is 20.0 Å². The average Bonchev–Trinajstić information content (AvgIpc) is 2.71. The van der Waals surface area contributed by atoms with Gasteiger partial charge in [-0.3, -0.25) is 0 Å². The number of hydrogen-bond acceptors (Lipinski definition) is 4. The number of halogens is 6. The van der Waals surface area contributed by atoms with E-state index in [9.17, 15) is 43.2 Å². The SMILES string of the molecule is CC[n+]1cc[nH]c1C.O=S(=O)([N-]S(=O)(=O)C(F)(F)F)C(F)(F)F. The fraction of sp³-hybridized carbons (Fsp3) is 0.625. The maximum atomic E-state index is 11.4. The maximum Gasteiger partial charge on any atom is 0.480 e. The lowest BCUT2D eigenvalue weighted by Gasteiger charge is -2.22. The molecule has 1 heterocycles. The van der Waals surface area contributed by atoms with Gasteiger partial charge in [-0.05, 0) is 6.92 Å². The first kappa shape index (κ1) is 21.6. The molecule has 0 aliphatic carbocycles. The van der Waals surface area contributed by atoms with Gasteiger partial charge in [-0.1, -0.05) is 0 Å². The first-order chi connectivity index (χ1) is 10.0. The number of nitrogens with one attached hydrogen (secondary N) is 1. The minimum atomic E-state index is -6.72. The summed E-state index contributed by atoms with van der Waals surface area (Å²) in [6.45, 7) is 5.24. The Hall–Kier alpha value is -1.35. The van der Waals surface area contributed by atoms with Gasteiger partial charge >= 0.3 is 11.0 Å². The summed E-state index contributed by atoms with van der Waals surface area (Å²) in [5.41, 5.74) is -12.4. The Morgan fingerprint density at radius 1 is 1.04 bits per heavy atom. The molecule has 0 saturated carbocycles. The van der Waals surface area contributed by atoms with Crippen LogP contribution in [0.3, 0.4) is 0 Å². The van der Waals surface area contributed by atoms with Gasteiger partial charge in [0.2, 0.25) is 0 Å². The number of H-pyrrole nitrogens is 1. The normalized spacial score (nSPS) is 13.4. The predicted octanol–water partition coefficient (Wildman–Crippen LogP) is 1.69. The minimum Gasteiger partial charge on any atom is -0.421 e. The standard InChI is InChI=1S/C6H10N2.C2F6NO4S2/c1-3-8-5-4-7-6(8)2;3-1(4,5)14(10,11)9-15(12,13)2(6,7)8/h4-5H,3H2,1-2H3;/q;-1/p+1. The number of nitrogens with zero attached hydrogens (tertiary/aromatic N) is 2. The van der Waals surface area contributed by atoms with E-state index in [-0.39, 0.29) is 0 Å². The highest BCUT2D eigenvalue weighted by Crippen LogP contribution is 2.36. The number of aromatic amines is 1. The fourth-order valence-corrected chi connectivity index (χ4v) is 2.71. The van der Waals surface area contributed by atoms with Crippen molar-refractivity contribution in [3.63, 3.8) is 0 Å². The zero-order chi connectivity index (χ0) is 18.7. The molecule has 0 bridgehead atoms. The molecule has 7 nitrogen and oxygen atoms in total. The van der Waals surface area contributed by atoms with Gasteiger partial charge in [-0.15, -0.1) is 0 Å². The third kappa shape index (κ3) is 5.98. The largest absolute Gasteiger partial charge is 0.480 e. The third-order valence-corrected chi connectivity index (χ3v) is 4.84. The summed E-state index contributed by atoms with van der Waals surface area (Å²) in [6.07, 6.45) is 3.98. The molecule has 0 aliphatic rings. The molecule has 0 fully saturated rings. The summed E-state index contributed by atoms with van der Waals surface area (Å²) in [7, 11) is -13.4. The van der Waals surface area contributed by atoms with Crippen molar-refractivity contribution in [1.29, 1.82) is 0 Å². The Bertz CT molecular complexity index is 678. The summed E-state index contributed by atoms with van der Waals surface area (Å²) >= 11 is 0. The van der Waals surface area contributed by atoms with Crippen LogP contribution in [0.1, 0.15) is 12.7 Å². The van der Waals surface area contributed by atoms with Crippen LogP contribution in [0.4, 0.5) is 26.3 Å². The van der Waals surface area contributed by atoms with E-state index in [4.69, 9.17) is 0 Å². The lowest BCUT2D eigenvalue weighted by molar-refractivity contribution is -0.698. The molecule has 136 valence electrons. The van der Waals surface area contributed by atoms with Crippen molar-refractivity contribution in [3.05, 3.63) is 22.3 Å². The molecule has 0 amide bonds. The topological polar surface area (TPSA) is 102 Å². The van der Waals surface area contributed by atoms with E-state index in [2.05, 4.69) is 23.4 Å². The van der Waals surface area contributed by atoms with E-state index in [1.165, 1.54) is 5.82 Å². The van der Waals surface area contributed by atoms with E-state index >= 15 is 0 Å². The molecule has 0 atom stereocenters. The van der Waals surface area contributed by atoms with Crippen LogP contribution in [-0.4, -0.2) is 32.8 Å². The van der Waals surface area contributed by atoms with Gasteiger partial charge < -0.3 is 4.13 Å². The number of sulfonamides is 2. The van der Waals surface area contributed by atoms with Crippen LogP contribution < -0.4 is 4.57 Å². The quantitative estimate of drug-likeness (QED) is 0.626. The van der Waals surface area contributed by atoms with Gasteiger partial charge in [0.1, 0.15) is 12.4 Å². The van der Waals surface area contributed by atoms with Gasteiger partial charge in [0.25, 0.3) is 5.82 Å². The molecule has 0 radical (unpaired) electrons. The second-order valence-corrected chi connectivity index (χ2v) is 7.17. The molecule has 0 aromatic carbocycles. The van der Waals surface area contributed by atoms with Crippen molar-refractivity contribution in [2.75, 3.05) is 0 Å². The number of aryl methyl sites for hydroxylation is 2. The Labute approximate surface area is 127 Å². The number of aromatic nitrogens is 2. The van der Waals surface area contributed by atoms with E-state index in [0.717, 1.165) is 10.7 Å². The second kappa shape index (κ2) is 7.04. The molecule has 1 rings (SSSR count). The minimum absolute atomic E-state index is 0.778. The molecule has 0 unspecified atom stereocenters. The second-order valence-electron chi connectivity index (χ2n) is 3.75. The molecule has 1 N–H and O–H groups in total. The van der Waals surface area contributed by atoms with E-state index in [0.29, 0.717) is 0 Å². The molecule has 0 spiro atoms. The van der Waals surface area contributed by atoms with Crippen LogP contribution in [-0.2, 0) is 26.6 Å². The number of rotatable bonds is 3. The fourth-order valence-electron chi connectivity index (χ4n) is 0.999. The van der Waals surface area contributed by atoms with Gasteiger partial charge in [0.05, 0.1) is 6.54 Å². The lowest BCUT2D eigenvalue weighted by Crippen LogP contribution is -2.32. The van der Waals surface area contributed by atoms with Crippen LogP contribution in [0.15, 0.2) is 12.4 Å². The van der Waals surface area contributed by atoms with Crippen LogP contribution >= 0.6 is 0 Å². The first-order valence-corrected chi connectivity index (χ1v) is 8.33. The summed E-state index contributed by atoms with van der Waals surface area (Å²) < 4.78 is 111. The summed E-state index contributed by atoms with van der Waals surface area (Å²) in [5.74, 6) is 1.22. The highest BCUT2D eigenvalue weighted by Gasteiger charge is 2.46. The highest BCUT2D eigenvalue weighted by atomic mass is 32.3. The van der Waals surface area contributed by atoms with Gasteiger partial charge in [-0.2, -0.15) is 26.3 Å². The monoisotopic (exact) mass is 391 g/mol. The highest BCUT2D eigenvalue weighted by molar-refractivity contribution is 8.13. The Kier molecular flexibility index (Phi) is 6.63. The van der Waals surface area contributed by atoms with E-state index < -0.39 is 31.1 Å². The summed E-state index contributed by atoms with van der Waals surface area (Å²) in [6, 6.07) is 0. The van der Waals surface area contributed by atoms with E-state index in [1.807, 2.05) is 12.4 Å². The van der Waals surface area contributed by atoms with Crippen LogP contribution in [0.25, 0.3) is 4.13 Å².